The molecule has 1 aromatic rings. The molecular weight excluding hydrogens is 340 g/mol. The average Bonchev–Trinajstić information content (AvgIpc) is 2.44. The zero-order valence-corrected chi connectivity index (χ0v) is 14.2. The molecule has 0 aromatic heterocycles. The lowest BCUT2D eigenvalue weighted by Gasteiger charge is -2.33. The van der Waals surface area contributed by atoms with E-state index < -0.39 is 0 Å². The van der Waals surface area contributed by atoms with Crippen LogP contribution < -0.4 is 5.73 Å². The van der Waals surface area contributed by atoms with Gasteiger partial charge in [0, 0.05) is 41.8 Å². The van der Waals surface area contributed by atoms with Crippen LogP contribution in [-0.2, 0) is 4.74 Å². The minimum Gasteiger partial charge on any atom is -0.381 e. The molecule has 20 heavy (non-hydrogen) atoms. The summed E-state index contributed by atoms with van der Waals surface area (Å²) < 4.78 is 6.45. The Morgan fingerprint density at radius 3 is 2.80 bits per heavy atom. The van der Waals surface area contributed by atoms with Crippen molar-refractivity contribution in [3.8, 4) is 0 Å². The number of halogens is 2. The summed E-state index contributed by atoms with van der Waals surface area (Å²) in [6.45, 7) is 3.36. The van der Waals surface area contributed by atoms with Gasteiger partial charge in [-0.3, -0.25) is 4.90 Å². The Kier molecular flexibility index (Phi) is 6.30. The molecule has 3 nitrogen and oxygen atoms in total. The topological polar surface area (TPSA) is 38.5 Å². The number of hydrogen-bond acceptors (Lipinski definition) is 3. The number of hydrogen-bond donors (Lipinski definition) is 1. The van der Waals surface area contributed by atoms with Gasteiger partial charge in [-0.1, -0.05) is 27.5 Å². The maximum absolute atomic E-state index is 6.33. The van der Waals surface area contributed by atoms with Crippen molar-refractivity contribution >= 4 is 27.5 Å². The van der Waals surface area contributed by atoms with Gasteiger partial charge in [-0.2, -0.15) is 0 Å². The average molecular weight is 362 g/mol. The fraction of sp³-hybridized carbons (Fsp3) is 0.600. The lowest BCUT2D eigenvalue weighted by atomic mass is 9.98. The van der Waals surface area contributed by atoms with Crippen LogP contribution in [0.2, 0.25) is 5.02 Å². The van der Waals surface area contributed by atoms with Crippen molar-refractivity contribution in [3.05, 3.63) is 33.3 Å². The molecule has 1 heterocycles. The summed E-state index contributed by atoms with van der Waals surface area (Å²) in [6.07, 6.45) is 2.27. The van der Waals surface area contributed by atoms with E-state index in [9.17, 15) is 0 Å². The molecule has 0 amide bonds. The minimum absolute atomic E-state index is 0.155. The predicted octanol–water partition coefficient (Wildman–Crippen LogP) is 3.46. The smallest absolute Gasteiger partial charge is 0.0482 e. The molecule has 2 N–H and O–H groups in total. The Morgan fingerprint density at radius 1 is 1.45 bits per heavy atom. The van der Waals surface area contributed by atoms with Gasteiger partial charge in [0.15, 0.2) is 0 Å². The molecule has 112 valence electrons. The van der Waals surface area contributed by atoms with Gasteiger partial charge < -0.3 is 10.5 Å². The highest BCUT2D eigenvalue weighted by molar-refractivity contribution is 9.10. The van der Waals surface area contributed by atoms with Crippen molar-refractivity contribution in [1.82, 2.24) is 4.90 Å². The van der Waals surface area contributed by atoms with Crippen molar-refractivity contribution < 1.29 is 4.74 Å². The second-order valence-corrected chi connectivity index (χ2v) is 6.74. The number of benzene rings is 1. The van der Waals surface area contributed by atoms with Gasteiger partial charge in [0.1, 0.15) is 0 Å². The summed E-state index contributed by atoms with van der Waals surface area (Å²) >= 11 is 9.84. The van der Waals surface area contributed by atoms with E-state index in [-0.39, 0.29) is 6.04 Å². The van der Waals surface area contributed by atoms with Crippen LogP contribution in [0.15, 0.2) is 22.7 Å². The first kappa shape index (κ1) is 16.2. The van der Waals surface area contributed by atoms with E-state index in [0.717, 1.165) is 47.7 Å². The van der Waals surface area contributed by atoms with Crippen LogP contribution in [0.25, 0.3) is 0 Å². The highest BCUT2D eigenvalue weighted by Gasteiger charge is 2.22. The number of nitrogens with zero attached hydrogens (tertiary/aromatic N) is 1. The Balaban J connectivity index is 2.07. The van der Waals surface area contributed by atoms with Gasteiger partial charge in [0.25, 0.3) is 0 Å². The third-order valence-corrected chi connectivity index (χ3v) is 4.80. The summed E-state index contributed by atoms with van der Waals surface area (Å²) in [6, 6.07) is 6.10. The lowest BCUT2D eigenvalue weighted by molar-refractivity contribution is 0.0507. The maximum Gasteiger partial charge on any atom is 0.0482 e. The second-order valence-electron chi connectivity index (χ2n) is 5.41. The first-order chi connectivity index (χ1) is 9.61. The van der Waals surface area contributed by atoms with E-state index in [1.54, 1.807) is 0 Å². The Morgan fingerprint density at radius 2 is 2.15 bits per heavy atom. The molecule has 1 aromatic carbocycles. The van der Waals surface area contributed by atoms with Crippen molar-refractivity contribution in [2.45, 2.75) is 18.9 Å². The Labute approximate surface area is 134 Å². The van der Waals surface area contributed by atoms with E-state index in [0.29, 0.717) is 12.5 Å². The molecule has 0 aliphatic carbocycles. The number of nitrogens with two attached hydrogens (primary N) is 1. The fourth-order valence-electron chi connectivity index (χ4n) is 2.78. The first-order valence-electron chi connectivity index (χ1n) is 7.04. The molecule has 2 rings (SSSR count). The largest absolute Gasteiger partial charge is 0.381 e. The van der Waals surface area contributed by atoms with Crippen LogP contribution >= 0.6 is 27.5 Å². The molecule has 5 heteroatoms. The zero-order chi connectivity index (χ0) is 14.5. The van der Waals surface area contributed by atoms with Crippen LogP contribution in [0.3, 0.4) is 0 Å². The number of likely N-dealkylation sites (N-methyl/N-ethyl adjacent to an activating group) is 1. The van der Waals surface area contributed by atoms with E-state index in [2.05, 4.69) is 33.9 Å². The van der Waals surface area contributed by atoms with Gasteiger partial charge in [-0.05, 0) is 49.6 Å². The third-order valence-electron chi connectivity index (χ3n) is 3.96. The standard InChI is InChI=1S/C15H22BrClN2O/c1-19(10-11-4-6-20-7-5-11)15(9-18)13-8-12(16)2-3-14(13)17/h2-3,8,11,15H,4-7,9-10,18H2,1H3. The molecule has 0 bridgehead atoms. The first-order valence-corrected chi connectivity index (χ1v) is 8.22. The fourth-order valence-corrected chi connectivity index (χ4v) is 3.40. The van der Waals surface area contributed by atoms with Crippen LogP contribution in [0.4, 0.5) is 0 Å². The van der Waals surface area contributed by atoms with Crippen molar-refractivity contribution in [3.63, 3.8) is 0 Å². The highest BCUT2D eigenvalue weighted by Crippen LogP contribution is 2.30. The molecule has 1 aliphatic rings. The molecule has 1 saturated heterocycles. The SMILES string of the molecule is CN(CC1CCOCC1)C(CN)c1cc(Br)ccc1Cl. The molecule has 1 atom stereocenters. The molecule has 1 aliphatic heterocycles. The second kappa shape index (κ2) is 7.76. The number of ether oxygens (including phenoxy) is 1. The van der Waals surface area contributed by atoms with E-state index >= 15 is 0 Å². The highest BCUT2D eigenvalue weighted by atomic mass is 79.9. The van der Waals surface area contributed by atoms with Crippen molar-refractivity contribution in [2.24, 2.45) is 11.7 Å². The predicted molar refractivity (Wildman–Crippen MR) is 87.1 cm³/mol. The van der Waals surface area contributed by atoms with Gasteiger partial charge in [0.05, 0.1) is 0 Å². The number of rotatable bonds is 5. The molecular formula is C15H22BrClN2O. The minimum atomic E-state index is 0.155. The third kappa shape index (κ3) is 4.18. The summed E-state index contributed by atoms with van der Waals surface area (Å²) in [5.74, 6) is 0.689. The molecule has 1 unspecified atom stereocenters. The molecule has 0 saturated carbocycles. The molecule has 0 radical (unpaired) electrons. The molecule has 1 fully saturated rings. The quantitative estimate of drug-likeness (QED) is 0.873. The van der Waals surface area contributed by atoms with Crippen LogP contribution in [0.5, 0.6) is 0 Å². The maximum atomic E-state index is 6.33. The van der Waals surface area contributed by atoms with Crippen LogP contribution in [0.1, 0.15) is 24.4 Å². The van der Waals surface area contributed by atoms with E-state index in [4.69, 9.17) is 22.1 Å². The Hall–Kier alpha value is -0.130. The van der Waals surface area contributed by atoms with E-state index in [1.165, 1.54) is 0 Å². The van der Waals surface area contributed by atoms with Gasteiger partial charge in [-0.15, -0.1) is 0 Å². The van der Waals surface area contributed by atoms with Crippen LogP contribution in [0, 0.1) is 5.92 Å². The summed E-state index contributed by atoms with van der Waals surface area (Å²) in [5.41, 5.74) is 7.08. The normalized spacial score (nSPS) is 18.4. The lowest BCUT2D eigenvalue weighted by Crippen LogP contribution is -2.36. The van der Waals surface area contributed by atoms with E-state index in [1.807, 2.05) is 12.1 Å². The summed E-state index contributed by atoms with van der Waals surface area (Å²) in [7, 11) is 2.13. The summed E-state index contributed by atoms with van der Waals surface area (Å²) in [4.78, 5) is 2.32. The molecule has 0 spiro atoms. The zero-order valence-electron chi connectivity index (χ0n) is 11.8. The summed E-state index contributed by atoms with van der Waals surface area (Å²) in [5, 5.41) is 0.780. The van der Waals surface area contributed by atoms with Gasteiger partial charge >= 0.3 is 0 Å². The Bertz CT molecular complexity index is 438. The van der Waals surface area contributed by atoms with Gasteiger partial charge in [-0.25, -0.2) is 0 Å². The van der Waals surface area contributed by atoms with Gasteiger partial charge in [0.2, 0.25) is 0 Å². The van der Waals surface area contributed by atoms with Crippen molar-refractivity contribution in [1.29, 1.82) is 0 Å². The monoisotopic (exact) mass is 360 g/mol. The van der Waals surface area contributed by atoms with Crippen LogP contribution in [-0.4, -0.2) is 38.3 Å². The van der Waals surface area contributed by atoms with Crippen molar-refractivity contribution in [2.75, 3.05) is 33.4 Å².